The molecule has 10 nitrogen and oxygen atoms in total. The predicted molar refractivity (Wildman–Crippen MR) is 254 cm³/mol. The fraction of sp³-hybridized carbons (Fsp3) is 0.333. The minimum absolute atomic E-state index is 0.101. The van der Waals surface area contributed by atoms with Crippen LogP contribution in [0.4, 0.5) is 9.59 Å². The van der Waals surface area contributed by atoms with Crippen LogP contribution in [0.25, 0.3) is 77.0 Å². The predicted octanol–water partition coefficient (Wildman–Crippen LogP) is 13.1. The standard InChI is InChI=1S/C54H54N6O4/c1-30-20-47(59(29-30)51(61)63-53(2,3)4)49-55-42-18-16-39(25-44(42)57-49)37-14-12-33-21-31(8-10-35(33)23-37)32-9-11-36-24-38(15-13-34(36)22-32)40-17-19-43-45(26-40)58-50(56-43)48-28-41-27-46(41)60(48)52(62)64-54(5,6)7/h8-19,21-26,30,41,46-48H,20,27-29H2,1-7H3,(H,55,57)(H,56,58)/t30-,41-,46?,47+,48+/m1/s1. The second-order valence-electron chi connectivity index (χ2n) is 20.5. The molecule has 2 aromatic heterocycles. The Morgan fingerprint density at radius 3 is 1.44 bits per heavy atom. The summed E-state index contributed by atoms with van der Waals surface area (Å²) in [5.74, 6) is 2.51. The summed E-state index contributed by atoms with van der Waals surface area (Å²) < 4.78 is 11.5. The third-order valence-corrected chi connectivity index (χ3v) is 13.2. The highest BCUT2D eigenvalue weighted by atomic mass is 16.6. The Bertz CT molecular complexity index is 3000. The van der Waals surface area contributed by atoms with E-state index < -0.39 is 11.2 Å². The number of ether oxygens (including phenoxy) is 2. The number of H-pyrrole nitrogens is 2. The Morgan fingerprint density at radius 1 is 0.547 bits per heavy atom. The highest BCUT2D eigenvalue weighted by Crippen LogP contribution is 2.53. The lowest BCUT2D eigenvalue weighted by Gasteiger charge is -2.29. The molecule has 0 bridgehead atoms. The summed E-state index contributed by atoms with van der Waals surface area (Å²) in [5.41, 5.74) is 9.43. The molecule has 2 amide bonds. The zero-order chi connectivity index (χ0) is 44.2. The van der Waals surface area contributed by atoms with E-state index >= 15 is 0 Å². The van der Waals surface area contributed by atoms with Crippen molar-refractivity contribution in [1.29, 1.82) is 0 Å². The maximum absolute atomic E-state index is 13.2. The first-order chi connectivity index (χ1) is 30.6. The van der Waals surface area contributed by atoms with E-state index in [1.807, 2.05) is 51.3 Å². The van der Waals surface area contributed by atoms with Crippen LogP contribution in [0.3, 0.4) is 0 Å². The van der Waals surface area contributed by atoms with Crippen LogP contribution in [0.15, 0.2) is 109 Å². The van der Waals surface area contributed by atoms with Crippen LogP contribution in [0, 0.1) is 11.8 Å². The van der Waals surface area contributed by atoms with Crippen molar-refractivity contribution in [2.24, 2.45) is 11.8 Å². The Labute approximate surface area is 373 Å². The molecule has 2 aliphatic heterocycles. The number of rotatable bonds is 5. The van der Waals surface area contributed by atoms with Crippen molar-refractivity contribution in [3.63, 3.8) is 0 Å². The summed E-state index contributed by atoms with van der Waals surface area (Å²) in [6.45, 7) is 14.3. The second-order valence-corrected chi connectivity index (χ2v) is 20.5. The molecule has 1 aliphatic carbocycles. The molecule has 1 unspecified atom stereocenters. The van der Waals surface area contributed by atoms with Gasteiger partial charge in [0.15, 0.2) is 0 Å². The Balaban J connectivity index is 0.804. The third kappa shape index (κ3) is 7.52. The summed E-state index contributed by atoms with van der Waals surface area (Å²) in [6, 6.07) is 39.4. The van der Waals surface area contributed by atoms with Gasteiger partial charge in [-0.1, -0.05) is 67.6 Å². The molecule has 3 aliphatic rings. The number of aromatic amines is 2. The van der Waals surface area contributed by atoms with Crippen LogP contribution in [-0.4, -0.2) is 65.7 Å². The minimum Gasteiger partial charge on any atom is -0.444 e. The largest absolute Gasteiger partial charge is 0.444 e. The fourth-order valence-electron chi connectivity index (χ4n) is 10.0. The minimum atomic E-state index is -0.556. The summed E-state index contributed by atoms with van der Waals surface area (Å²) in [4.78, 5) is 47.1. The smallest absolute Gasteiger partial charge is 0.411 e. The zero-order valence-corrected chi connectivity index (χ0v) is 37.5. The van der Waals surface area contributed by atoms with Crippen LogP contribution in [0.5, 0.6) is 0 Å². The topological polar surface area (TPSA) is 116 Å². The molecule has 2 saturated heterocycles. The average molecular weight is 851 g/mol. The van der Waals surface area contributed by atoms with Gasteiger partial charge in [0, 0.05) is 12.6 Å². The number of amides is 2. The van der Waals surface area contributed by atoms with Crippen LogP contribution in [0.2, 0.25) is 0 Å². The lowest BCUT2D eigenvalue weighted by atomic mass is 9.95. The van der Waals surface area contributed by atoms with E-state index in [-0.39, 0.29) is 30.3 Å². The molecule has 0 spiro atoms. The van der Waals surface area contributed by atoms with Crippen LogP contribution >= 0.6 is 0 Å². The van der Waals surface area contributed by atoms with Crippen molar-refractivity contribution >= 4 is 55.8 Å². The normalized spacial score (nSPS) is 21.0. The molecule has 1 saturated carbocycles. The molecule has 11 rings (SSSR count). The van der Waals surface area contributed by atoms with Gasteiger partial charge in [0.25, 0.3) is 0 Å². The molecule has 4 heterocycles. The fourth-order valence-corrected chi connectivity index (χ4v) is 10.0. The number of carbonyl (C=O) groups is 2. The van der Waals surface area contributed by atoms with Crippen molar-refractivity contribution in [3.8, 4) is 33.4 Å². The number of hydrogen-bond donors (Lipinski definition) is 2. The van der Waals surface area contributed by atoms with Crippen molar-refractivity contribution in [2.45, 2.75) is 97.1 Å². The molecule has 2 N–H and O–H groups in total. The molecule has 8 aromatic rings. The molecule has 5 atom stereocenters. The number of hydrogen-bond acceptors (Lipinski definition) is 6. The van der Waals surface area contributed by atoms with Gasteiger partial charge >= 0.3 is 12.2 Å². The first-order valence-electron chi connectivity index (χ1n) is 22.7. The van der Waals surface area contributed by atoms with Gasteiger partial charge < -0.3 is 19.4 Å². The van der Waals surface area contributed by atoms with Crippen molar-refractivity contribution in [2.75, 3.05) is 6.54 Å². The van der Waals surface area contributed by atoms with Crippen LogP contribution in [-0.2, 0) is 9.47 Å². The van der Waals surface area contributed by atoms with Crippen molar-refractivity contribution in [3.05, 3.63) is 121 Å². The summed E-state index contributed by atoms with van der Waals surface area (Å²) in [6.07, 6.45) is 2.25. The molecule has 324 valence electrons. The molecule has 6 aromatic carbocycles. The van der Waals surface area contributed by atoms with Gasteiger partial charge in [-0.2, -0.15) is 0 Å². The van der Waals surface area contributed by atoms with E-state index in [2.05, 4.69) is 126 Å². The number of carbonyl (C=O) groups excluding carboxylic acids is 2. The first-order valence-corrected chi connectivity index (χ1v) is 22.7. The van der Waals surface area contributed by atoms with E-state index in [0.29, 0.717) is 18.4 Å². The number of likely N-dealkylation sites (tertiary alicyclic amines) is 2. The molecular weight excluding hydrogens is 797 g/mol. The first kappa shape index (κ1) is 40.1. The van der Waals surface area contributed by atoms with Crippen molar-refractivity contribution < 1.29 is 19.1 Å². The van der Waals surface area contributed by atoms with E-state index in [9.17, 15) is 9.59 Å². The number of nitrogens with one attached hydrogen (secondary N) is 2. The van der Waals surface area contributed by atoms with Gasteiger partial charge in [-0.05, 0) is 176 Å². The average Bonchev–Trinajstić information content (AvgIpc) is 3.64. The quantitative estimate of drug-likeness (QED) is 0.178. The Morgan fingerprint density at radius 2 is 0.969 bits per heavy atom. The van der Waals surface area contributed by atoms with E-state index in [1.54, 1.807) is 0 Å². The lowest BCUT2D eigenvalue weighted by molar-refractivity contribution is 0.0172. The maximum atomic E-state index is 13.2. The number of fused-ring (bicyclic) bond motifs is 5. The third-order valence-electron chi connectivity index (χ3n) is 13.2. The summed E-state index contributed by atoms with van der Waals surface area (Å²) in [5, 5.41) is 4.71. The highest BCUT2D eigenvalue weighted by molar-refractivity contribution is 5.95. The number of aromatic nitrogens is 4. The van der Waals surface area contributed by atoms with Gasteiger partial charge in [-0.3, -0.25) is 9.80 Å². The molecule has 10 heteroatoms. The molecule has 64 heavy (non-hydrogen) atoms. The lowest BCUT2D eigenvalue weighted by Crippen LogP contribution is -2.38. The Kier molecular flexibility index (Phi) is 9.21. The van der Waals surface area contributed by atoms with Gasteiger partial charge in [-0.25, -0.2) is 19.6 Å². The number of piperidine rings is 1. The summed E-state index contributed by atoms with van der Waals surface area (Å²) >= 11 is 0. The maximum Gasteiger partial charge on any atom is 0.411 e. The zero-order valence-electron chi connectivity index (χ0n) is 37.5. The molecule has 3 fully saturated rings. The SMILES string of the molecule is C[C@@H]1C[C@@H](c2nc3ccc(-c4ccc5cc(-c6ccc7cc(-c8ccc9nc([C@@H]%10C[C@H]%11CC%11N%10C(=O)OC(C)(C)C)[nH]c9c8)ccc7c6)ccc5c4)cc3[nH]2)N(C(=O)OC(C)(C)C)C1. The van der Waals surface area contributed by atoms with Crippen molar-refractivity contribution in [1.82, 2.24) is 29.7 Å². The number of imidazole rings is 2. The number of nitrogens with zero attached hydrogens (tertiary/aromatic N) is 4. The van der Waals surface area contributed by atoms with Crippen LogP contribution in [0.1, 0.15) is 91.5 Å². The van der Waals surface area contributed by atoms with Gasteiger partial charge in [0.1, 0.15) is 22.9 Å². The van der Waals surface area contributed by atoms with Gasteiger partial charge in [0.05, 0.1) is 34.2 Å². The number of benzene rings is 6. The van der Waals surface area contributed by atoms with Gasteiger partial charge in [-0.15, -0.1) is 0 Å². The Hall–Kier alpha value is -6.68. The molecular formula is C54H54N6O4. The summed E-state index contributed by atoms with van der Waals surface area (Å²) in [7, 11) is 0. The highest BCUT2D eigenvalue weighted by Gasteiger charge is 2.56. The van der Waals surface area contributed by atoms with E-state index in [1.165, 1.54) is 32.7 Å². The van der Waals surface area contributed by atoms with Crippen LogP contribution < -0.4 is 0 Å². The van der Waals surface area contributed by atoms with Gasteiger partial charge in [0.2, 0.25) is 0 Å². The molecule has 0 radical (unpaired) electrons. The monoisotopic (exact) mass is 850 g/mol. The van der Waals surface area contributed by atoms with E-state index in [0.717, 1.165) is 75.2 Å². The second kappa shape index (κ2) is 14.7. The van der Waals surface area contributed by atoms with E-state index in [4.69, 9.17) is 19.4 Å².